The van der Waals surface area contributed by atoms with Crippen molar-refractivity contribution in [2.45, 2.75) is 19.8 Å². The molecule has 3 N–H and O–H groups in total. The molecule has 1 aromatic heterocycles. The fraction of sp³-hybridized carbons (Fsp3) is 0.167. The van der Waals surface area contributed by atoms with E-state index in [0.29, 0.717) is 5.92 Å². The smallest absolute Gasteiger partial charge is 0.323 e. The first-order chi connectivity index (χ1) is 11.0. The Bertz CT molecular complexity index is 837. The summed E-state index contributed by atoms with van der Waals surface area (Å²) in [5, 5.41) is 6.76. The van der Waals surface area contributed by atoms with Crippen LogP contribution in [0.15, 0.2) is 48.7 Å². The summed E-state index contributed by atoms with van der Waals surface area (Å²) < 4.78 is 1.13. The second-order valence-corrected chi connectivity index (χ2v) is 6.99. The SMILES string of the molecule is CC(C)c1ccc(NC(=O)Nc2c[nH]c3ccc(I)cc23)cc1. The zero-order valence-corrected chi connectivity index (χ0v) is 15.1. The molecule has 3 rings (SSSR count). The van der Waals surface area contributed by atoms with Gasteiger partial charge in [-0.3, -0.25) is 0 Å². The normalized spacial score (nSPS) is 11.0. The quantitative estimate of drug-likeness (QED) is 0.480. The van der Waals surface area contributed by atoms with Crippen molar-refractivity contribution in [2.75, 3.05) is 10.6 Å². The summed E-state index contributed by atoms with van der Waals surface area (Å²) in [6.45, 7) is 4.29. The molecule has 5 heteroatoms. The van der Waals surface area contributed by atoms with E-state index in [-0.39, 0.29) is 6.03 Å². The molecule has 0 radical (unpaired) electrons. The molecule has 2 amide bonds. The van der Waals surface area contributed by atoms with Gasteiger partial charge in [0, 0.05) is 26.4 Å². The van der Waals surface area contributed by atoms with E-state index in [1.54, 1.807) is 0 Å². The van der Waals surface area contributed by atoms with Crippen LogP contribution in [0.2, 0.25) is 0 Å². The molecule has 2 aromatic carbocycles. The van der Waals surface area contributed by atoms with E-state index in [1.165, 1.54) is 5.56 Å². The minimum Gasteiger partial charge on any atom is -0.359 e. The van der Waals surface area contributed by atoms with Crippen molar-refractivity contribution in [3.63, 3.8) is 0 Å². The van der Waals surface area contributed by atoms with Gasteiger partial charge in [0.15, 0.2) is 0 Å². The Hall–Kier alpha value is -2.02. The van der Waals surface area contributed by atoms with Crippen LogP contribution in [0.1, 0.15) is 25.3 Å². The number of hydrogen-bond donors (Lipinski definition) is 3. The van der Waals surface area contributed by atoms with Crippen LogP contribution in [0.4, 0.5) is 16.2 Å². The van der Waals surface area contributed by atoms with E-state index in [1.807, 2.05) is 48.7 Å². The van der Waals surface area contributed by atoms with Crippen molar-refractivity contribution < 1.29 is 4.79 Å². The van der Waals surface area contributed by atoms with Gasteiger partial charge >= 0.3 is 6.03 Å². The van der Waals surface area contributed by atoms with E-state index >= 15 is 0 Å². The van der Waals surface area contributed by atoms with Gasteiger partial charge in [-0.15, -0.1) is 0 Å². The maximum Gasteiger partial charge on any atom is 0.323 e. The predicted molar refractivity (Wildman–Crippen MR) is 104 cm³/mol. The van der Waals surface area contributed by atoms with Gasteiger partial charge in [-0.2, -0.15) is 0 Å². The number of nitrogens with one attached hydrogen (secondary N) is 3. The number of fused-ring (bicyclic) bond motifs is 1. The lowest BCUT2D eigenvalue weighted by atomic mass is 10.0. The van der Waals surface area contributed by atoms with E-state index < -0.39 is 0 Å². The molecule has 3 aromatic rings. The average molecular weight is 419 g/mol. The van der Waals surface area contributed by atoms with Gasteiger partial charge in [0.1, 0.15) is 0 Å². The lowest BCUT2D eigenvalue weighted by molar-refractivity contribution is 0.262. The Labute approximate surface area is 148 Å². The molecule has 118 valence electrons. The van der Waals surface area contributed by atoms with Gasteiger partial charge in [0.25, 0.3) is 0 Å². The number of urea groups is 1. The Morgan fingerprint density at radius 3 is 2.52 bits per heavy atom. The molecule has 4 nitrogen and oxygen atoms in total. The molecular weight excluding hydrogens is 401 g/mol. The molecular formula is C18H18IN3O. The number of carbonyl (C=O) groups excluding carboxylic acids is 1. The molecule has 0 atom stereocenters. The van der Waals surface area contributed by atoms with Crippen LogP contribution in [0.3, 0.4) is 0 Å². The zero-order chi connectivity index (χ0) is 16.4. The Morgan fingerprint density at radius 1 is 1.09 bits per heavy atom. The minimum atomic E-state index is -0.248. The number of halogens is 1. The third-order valence-electron chi connectivity index (χ3n) is 3.73. The maximum atomic E-state index is 12.2. The van der Waals surface area contributed by atoms with Gasteiger partial charge in [0.2, 0.25) is 0 Å². The first-order valence-electron chi connectivity index (χ1n) is 7.47. The van der Waals surface area contributed by atoms with E-state index in [0.717, 1.165) is 25.8 Å². The van der Waals surface area contributed by atoms with Crippen molar-refractivity contribution in [2.24, 2.45) is 0 Å². The fourth-order valence-electron chi connectivity index (χ4n) is 2.43. The largest absolute Gasteiger partial charge is 0.359 e. The van der Waals surface area contributed by atoms with Crippen molar-refractivity contribution >= 4 is 50.9 Å². The summed E-state index contributed by atoms with van der Waals surface area (Å²) in [7, 11) is 0. The molecule has 0 bridgehead atoms. The summed E-state index contributed by atoms with van der Waals surface area (Å²) >= 11 is 2.26. The number of hydrogen-bond acceptors (Lipinski definition) is 1. The number of rotatable bonds is 3. The first kappa shape index (κ1) is 15.9. The average Bonchev–Trinajstić information content (AvgIpc) is 2.90. The number of carbonyl (C=O) groups is 1. The van der Waals surface area contributed by atoms with Gasteiger partial charge in [-0.25, -0.2) is 4.79 Å². The lowest BCUT2D eigenvalue weighted by Crippen LogP contribution is -2.19. The molecule has 0 fully saturated rings. The van der Waals surface area contributed by atoms with Gasteiger partial charge in [-0.1, -0.05) is 26.0 Å². The number of amides is 2. The lowest BCUT2D eigenvalue weighted by Gasteiger charge is -2.09. The molecule has 0 aliphatic carbocycles. The van der Waals surface area contributed by atoms with Crippen LogP contribution < -0.4 is 10.6 Å². The van der Waals surface area contributed by atoms with Crippen molar-refractivity contribution in [3.8, 4) is 0 Å². The molecule has 0 saturated carbocycles. The Kier molecular flexibility index (Phi) is 4.56. The summed E-state index contributed by atoms with van der Waals surface area (Å²) in [6, 6.07) is 13.7. The number of aromatic nitrogens is 1. The Morgan fingerprint density at radius 2 is 1.83 bits per heavy atom. The fourth-order valence-corrected chi connectivity index (χ4v) is 2.92. The van der Waals surface area contributed by atoms with Crippen molar-refractivity contribution in [1.29, 1.82) is 0 Å². The third-order valence-corrected chi connectivity index (χ3v) is 4.40. The van der Waals surface area contributed by atoms with Gasteiger partial charge in [0.05, 0.1) is 5.69 Å². The highest BCUT2D eigenvalue weighted by atomic mass is 127. The van der Waals surface area contributed by atoms with Gasteiger partial charge in [-0.05, 0) is 64.4 Å². The third kappa shape index (κ3) is 3.67. The van der Waals surface area contributed by atoms with Crippen molar-refractivity contribution in [3.05, 3.63) is 57.8 Å². The summed E-state index contributed by atoms with van der Waals surface area (Å²) in [6.07, 6.45) is 1.81. The molecule has 0 aliphatic rings. The van der Waals surface area contributed by atoms with Crippen molar-refractivity contribution in [1.82, 2.24) is 4.98 Å². The molecule has 0 spiro atoms. The van der Waals surface area contributed by atoms with E-state index in [4.69, 9.17) is 0 Å². The standard InChI is InChI=1S/C18H18IN3O/c1-11(2)12-3-6-14(7-4-12)21-18(23)22-17-10-20-16-8-5-13(19)9-15(16)17/h3-11,20H,1-2H3,(H2,21,22,23). The maximum absolute atomic E-state index is 12.2. The molecule has 0 aliphatic heterocycles. The van der Waals surface area contributed by atoms with Gasteiger partial charge < -0.3 is 15.6 Å². The molecule has 0 saturated heterocycles. The van der Waals surface area contributed by atoms with Crippen LogP contribution >= 0.6 is 22.6 Å². The number of benzene rings is 2. The predicted octanol–water partition coefficient (Wildman–Crippen LogP) is 5.54. The number of anilines is 2. The van der Waals surface area contributed by atoms with E-state index in [9.17, 15) is 4.79 Å². The topological polar surface area (TPSA) is 56.9 Å². The highest BCUT2D eigenvalue weighted by Crippen LogP contribution is 2.25. The Balaban J connectivity index is 1.72. The van der Waals surface area contributed by atoms with Crippen LogP contribution in [0, 0.1) is 3.57 Å². The summed E-state index contributed by atoms with van der Waals surface area (Å²) in [4.78, 5) is 15.3. The number of aromatic amines is 1. The molecule has 0 unspecified atom stereocenters. The van der Waals surface area contributed by atoms with Crippen LogP contribution in [0.5, 0.6) is 0 Å². The highest BCUT2D eigenvalue weighted by Gasteiger charge is 2.08. The van der Waals surface area contributed by atoms with Crippen LogP contribution in [-0.4, -0.2) is 11.0 Å². The van der Waals surface area contributed by atoms with Crippen LogP contribution in [0.25, 0.3) is 10.9 Å². The molecule has 1 heterocycles. The summed E-state index contributed by atoms with van der Waals surface area (Å²) in [5.74, 6) is 0.478. The van der Waals surface area contributed by atoms with E-state index in [2.05, 4.69) is 52.1 Å². The molecule has 23 heavy (non-hydrogen) atoms. The second kappa shape index (κ2) is 6.62. The first-order valence-corrected chi connectivity index (χ1v) is 8.55. The summed E-state index contributed by atoms with van der Waals surface area (Å²) in [5.41, 5.74) is 3.81. The van der Waals surface area contributed by atoms with Crippen LogP contribution in [-0.2, 0) is 0 Å². The number of H-pyrrole nitrogens is 1. The highest BCUT2D eigenvalue weighted by molar-refractivity contribution is 14.1. The minimum absolute atomic E-state index is 0.248. The monoisotopic (exact) mass is 419 g/mol. The zero-order valence-electron chi connectivity index (χ0n) is 13.0. The second-order valence-electron chi connectivity index (χ2n) is 5.75.